The van der Waals surface area contributed by atoms with Gasteiger partial charge in [0, 0.05) is 23.5 Å². The Balaban J connectivity index is 1.69. The number of hydrogen-bond donors (Lipinski definition) is 2. The lowest BCUT2D eigenvalue weighted by molar-refractivity contribution is -0.142. The fourth-order valence-electron chi connectivity index (χ4n) is 5.31. The summed E-state index contributed by atoms with van der Waals surface area (Å²) in [6, 6.07) is 16.8. The van der Waals surface area contributed by atoms with Crippen LogP contribution in [-0.4, -0.2) is 49.9 Å². The minimum atomic E-state index is -0.927. The first-order valence-electron chi connectivity index (χ1n) is 12.4. The van der Waals surface area contributed by atoms with Crippen LogP contribution in [0, 0.1) is 5.92 Å². The van der Waals surface area contributed by atoms with Crippen molar-refractivity contribution in [3.05, 3.63) is 76.9 Å². The quantitative estimate of drug-likeness (QED) is 0.413. The summed E-state index contributed by atoms with van der Waals surface area (Å²) in [7, 11) is 1.56. The highest BCUT2D eigenvalue weighted by Crippen LogP contribution is 2.56. The summed E-state index contributed by atoms with van der Waals surface area (Å²) < 4.78 is 28.3. The second-order valence-electron chi connectivity index (χ2n) is 9.05. The Morgan fingerprint density at radius 2 is 1.68 bits per heavy atom. The van der Waals surface area contributed by atoms with Crippen LogP contribution in [-0.2, 0) is 4.79 Å². The van der Waals surface area contributed by atoms with Crippen LogP contribution in [0.3, 0.4) is 0 Å². The standard InChI is InChI=1S/C29H30O8/c1-3-11-34-19-6-7-20-22(14-19)27(21-8-5-18(33-2)15-24(21)35-12-10-30)28(29(31)32)26(20)17-4-9-23-25(13-17)37-16-36-23/h4-9,13-15,26-28,30H,3,10-12,16H2,1-2H3,(H,31,32)/t26?,27-,28?/m1/s1. The van der Waals surface area contributed by atoms with E-state index in [4.69, 9.17) is 23.7 Å². The van der Waals surface area contributed by atoms with Crippen molar-refractivity contribution in [1.82, 2.24) is 0 Å². The van der Waals surface area contributed by atoms with Crippen molar-refractivity contribution >= 4 is 5.97 Å². The van der Waals surface area contributed by atoms with Crippen LogP contribution in [0.1, 0.15) is 47.4 Å². The Morgan fingerprint density at radius 3 is 2.43 bits per heavy atom. The molecule has 0 amide bonds. The van der Waals surface area contributed by atoms with Gasteiger partial charge in [-0.3, -0.25) is 4.79 Å². The molecule has 1 aliphatic carbocycles. The van der Waals surface area contributed by atoms with Crippen LogP contribution in [0.25, 0.3) is 0 Å². The third-order valence-corrected chi connectivity index (χ3v) is 6.86. The van der Waals surface area contributed by atoms with E-state index in [1.54, 1.807) is 19.2 Å². The molecule has 8 nitrogen and oxygen atoms in total. The van der Waals surface area contributed by atoms with Crippen LogP contribution in [0.5, 0.6) is 28.7 Å². The molecule has 0 bridgehead atoms. The van der Waals surface area contributed by atoms with Gasteiger partial charge in [0.05, 0.1) is 26.2 Å². The van der Waals surface area contributed by atoms with Crippen molar-refractivity contribution in [2.75, 3.05) is 33.7 Å². The van der Waals surface area contributed by atoms with Gasteiger partial charge in [-0.05, 0) is 53.4 Å². The monoisotopic (exact) mass is 506 g/mol. The number of aliphatic hydroxyl groups excluding tert-OH is 1. The molecule has 5 rings (SSSR count). The number of benzene rings is 3. The van der Waals surface area contributed by atoms with Gasteiger partial charge in [0.2, 0.25) is 6.79 Å². The van der Waals surface area contributed by atoms with E-state index in [1.807, 2.05) is 49.4 Å². The molecule has 0 saturated heterocycles. The Bertz CT molecular complexity index is 1290. The molecule has 0 spiro atoms. The fraction of sp³-hybridized carbons (Fsp3) is 0.345. The van der Waals surface area contributed by atoms with Gasteiger partial charge in [0.15, 0.2) is 11.5 Å². The molecule has 37 heavy (non-hydrogen) atoms. The van der Waals surface area contributed by atoms with Crippen LogP contribution in [0.15, 0.2) is 54.6 Å². The summed E-state index contributed by atoms with van der Waals surface area (Å²) in [6.45, 7) is 2.64. The minimum absolute atomic E-state index is 0.0721. The van der Waals surface area contributed by atoms with Crippen molar-refractivity contribution in [2.45, 2.75) is 25.2 Å². The van der Waals surface area contributed by atoms with E-state index < -0.39 is 23.7 Å². The molecule has 2 aliphatic rings. The van der Waals surface area contributed by atoms with E-state index in [9.17, 15) is 15.0 Å². The van der Waals surface area contributed by atoms with E-state index in [0.717, 1.165) is 23.1 Å². The first-order valence-corrected chi connectivity index (χ1v) is 12.4. The SMILES string of the molecule is CCCOc1ccc2c(c1)[C@@H](c1ccc(OC)cc1OCCO)C(C(=O)O)C2c1ccc2c(c1)OCO2. The van der Waals surface area contributed by atoms with Gasteiger partial charge in [-0.2, -0.15) is 0 Å². The topological polar surface area (TPSA) is 104 Å². The van der Waals surface area contributed by atoms with Crippen LogP contribution in [0.2, 0.25) is 0 Å². The summed E-state index contributed by atoms with van der Waals surface area (Å²) in [5.41, 5.74) is 3.31. The maximum Gasteiger partial charge on any atom is 0.308 e. The number of carboxylic acids is 1. The molecule has 0 aromatic heterocycles. The maximum absolute atomic E-state index is 13.0. The number of methoxy groups -OCH3 is 1. The zero-order chi connectivity index (χ0) is 25.9. The first-order chi connectivity index (χ1) is 18.0. The molecule has 2 unspecified atom stereocenters. The molecular formula is C29H30O8. The number of aliphatic hydroxyl groups is 1. The number of fused-ring (bicyclic) bond motifs is 2. The number of ether oxygens (including phenoxy) is 5. The predicted molar refractivity (Wildman–Crippen MR) is 135 cm³/mol. The number of carbonyl (C=O) groups is 1. The molecule has 0 radical (unpaired) electrons. The average molecular weight is 507 g/mol. The fourth-order valence-corrected chi connectivity index (χ4v) is 5.31. The minimum Gasteiger partial charge on any atom is -0.497 e. The smallest absolute Gasteiger partial charge is 0.308 e. The maximum atomic E-state index is 13.0. The second-order valence-corrected chi connectivity index (χ2v) is 9.05. The first kappa shape index (κ1) is 24.8. The average Bonchev–Trinajstić information content (AvgIpc) is 3.52. The van der Waals surface area contributed by atoms with Gasteiger partial charge >= 0.3 is 5.97 Å². The van der Waals surface area contributed by atoms with Gasteiger partial charge in [-0.1, -0.05) is 25.1 Å². The Kier molecular flexibility index (Phi) is 7.10. The van der Waals surface area contributed by atoms with E-state index in [2.05, 4.69) is 0 Å². The largest absolute Gasteiger partial charge is 0.497 e. The van der Waals surface area contributed by atoms with Crippen LogP contribution >= 0.6 is 0 Å². The molecule has 3 aromatic carbocycles. The van der Waals surface area contributed by atoms with Crippen molar-refractivity contribution in [1.29, 1.82) is 0 Å². The molecule has 3 aromatic rings. The summed E-state index contributed by atoms with van der Waals surface area (Å²) in [5, 5.41) is 20.0. The van der Waals surface area contributed by atoms with Gasteiger partial charge in [-0.15, -0.1) is 0 Å². The highest BCUT2D eigenvalue weighted by atomic mass is 16.7. The van der Waals surface area contributed by atoms with Crippen molar-refractivity contribution in [3.63, 3.8) is 0 Å². The molecular weight excluding hydrogens is 476 g/mol. The molecule has 8 heteroatoms. The van der Waals surface area contributed by atoms with E-state index in [0.29, 0.717) is 40.9 Å². The molecule has 1 heterocycles. The van der Waals surface area contributed by atoms with Gasteiger partial charge in [-0.25, -0.2) is 0 Å². The molecule has 2 N–H and O–H groups in total. The van der Waals surface area contributed by atoms with Crippen molar-refractivity contribution in [3.8, 4) is 28.7 Å². The van der Waals surface area contributed by atoms with Crippen LogP contribution in [0.4, 0.5) is 0 Å². The number of carboxylic acid groups (broad SMARTS) is 1. The second kappa shape index (κ2) is 10.6. The van der Waals surface area contributed by atoms with Crippen molar-refractivity contribution in [2.24, 2.45) is 5.92 Å². The van der Waals surface area contributed by atoms with Gasteiger partial charge in [0.1, 0.15) is 23.9 Å². The van der Waals surface area contributed by atoms with E-state index >= 15 is 0 Å². The van der Waals surface area contributed by atoms with E-state index in [1.165, 1.54) is 0 Å². The molecule has 0 fully saturated rings. The normalized spacial score (nSPS) is 19.4. The summed E-state index contributed by atoms with van der Waals surface area (Å²) in [4.78, 5) is 13.0. The van der Waals surface area contributed by atoms with Crippen LogP contribution < -0.4 is 23.7 Å². The van der Waals surface area contributed by atoms with Crippen molar-refractivity contribution < 1.29 is 38.7 Å². The zero-order valence-electron chi connectivity index (χ0n) is 20.8. The summed E-state index contributed by atoms with van der Waals surface area (Å²) in [5.74, 6) is 0.246. The highest BCUT2D eigenvalue weighted by molar-refractivity contribution is 5.78. The summed E-state index contributed by atoms with van der Waals surface area (Å²) >= 11 is 0. The number of hydrogen-bond acceptors (Lipinski definition) is 7. The zero-order valence-corrected chi connectivity index (χ0v) is 20.8. The number of rotatable bonds is 10. The third-order valence-electron chi connectivity index (χ3n) is 6.86. The van der Waals surface area contributed by atoms with Gasteiger partial charge < -0.3 is 33.9 Å². The van der Waals surface area contributed by atoms with Gasteiger partial charge in [0.25, 0.3) is 0 Å². The molecule has 3 atom stereocenters. The summed E-state index contributed by atoms with van der Waals surface area (Å²) in [6.07, 6.45) is 0.857. The lowest BCUT2D eigenvalue weighted by Gasteiger charge is -2.25. The molecule has 0 saturated carbocycles. The molecule has 1 aliphatic heterocycles. The third kappa shape index (κ3) is 4.64. The highest BCUT2D eigenvalue weighted by Gasteiger charge is 2.48. The number of aliphatic carboxylic acids is 1. The molecule has 194 valence electrons. The Labute approximate surface area is 215 Å². The lowest BCUT2D eigenvalue weighted by atomic mass is 9.79. The Hall–Kier alpha value is -3.91. The predicted octanol–water partition coefficient (Wildman–Crippen LogP) is 4.56. The Morgan fingerprint density at radius 1 is 0.892 bits per heavy atom. The lowest BCUT2D eigenvalue weighted by Crippen LogP contribution is -2.24. The van der Waals surface area contributed by atoms with E-state index in [-0.39, 0.29) is 20.0 Å².